The minimum Gasteiger partial charge on any atom is -0.493 e. The van der Waals surface area contributed by atoms with Crippen LogP contribution < -0.4 is 24.8 Å². The maximum Gasteiger partial charge on any atom is 0.262 e. The molecule has 9 nitrogen and oxygen atoms in total. The Balaban J connectivity index is 1.35. The number of nitrogens with one attached hydrogen (secondary N) is 2. The first kappa shape index (κ1) is 32.8. The number of methoxy groups -OCH3 is 1. The van der Waals surface area contributed by atoms with E-state index in [1.165, 1.54) is 38.5 Å². The largest absolute Gasteiger partial charge is 0.493 e. The number of likely N-dealkylation sites (tertiary alicyclic amines) is 1. The molecule has 1 amide bonds. The van der Waals surface area contributed by atoms with E-state index >= 15 is 0 Å². The van der Waals surface area contributed by atoms with Crippen molar-refractivity contribution in [1.29, 1.82) is 0 Å². The van der Waals surface area contributed by atoms with Gasteiger partial charge in [0.05, 0.1) is 13.7 Å². The predicted molar refractivity (Wildman–Crippen MR) is 183 cm³/mol. The Labute approximate surface area is 272 Å². The number of anilines is 3. The molecule has 0 unspecified atom stereocenters. The molecular formula is C37H45N5O4. The zero-order valence-electron chi connectivity index (χ0n) is 27.4. The van der Waals surface area contributed by atoms with Crippen molar-refractivity contribution in [3.8, 4) is 23.1 Å². The number of aromatic nitrogens is 2. The highest BCUT2D eigenvalue weighted by Gasteiger charge is 2.20. The monoisotopic (exact) mass is 623 g/mol. The second-order valence-electron chi connectivity index (χ2n) is 11.7. The van der Waals surface area contributed by atoms with Crippen LogP contribution in [0.3, 0.4) is 0 Å². The van der Waals surface area contributed by atoms with E-state index in [9.17, 15) is 4.79 Å². The van der Waals surface area contributed by atoms with Gasteiger partial charge in [-0.1, -0.05) is 50.1 Å². The number of piperidine rings is 1. The smallest absolute Gasteiger partial charge is 0.262 e. The van der Waals surface area contributed by atoms with Gasteiger partial charge in [0.2, 0.25) is 11.8 Å². The second-order valence-corrected chi connectivity index (χ2v) is 11.7. The van der Waals surface area contributed by atoms with E-state index < -0.39 is 0 Å². The minimum atomic E-state index is -0.375. The van der Waals surface area contributed by atoms with Gasteiger partial charge in [-0.2, -0.15) is 4.98 Å². The van der Waals surface area contributed by atoms with Crippen LogP contribution in [-0.2, 0) is 6.42 Å². The third-order valence-corrected chi connectivity index (χ3v) is 8.12. The number of hydrogen-bond acceptors (Lipinski definition) is 8. The summed E-state index contributed by atoms with van der Waals surface area (Å²) in [5, 5.41) is 6.27. The van der Waals surface area contributed by atoms with Crippen molar-refractivity contribution >= 4 is 23.2 Å². The number of nitrogens with zero attached hydrogens (tertiary/aromatic N) is 3. The van der Waals surface area contributed by atoms with Gasteiger partial charge in [0, 0.05) is 30.2 Å². The van der Waals surface area contributed by atoms with Crippen molar-refractivity contribution in [2.45, 2.75) is 59.3 Å². The van der Waals surface area contributed by atoms with E-state index in [0.29, 0.717) is 18.1 Å². The molecular weight excluding hydrogens is 578 g/mol. The molecule has 0 atom stereocenters. The summed E-state index contributed by atoms with van der Waals surface area (Å²) < 4.78 is 18.0. The SMILES string of the molecule is CCCc1ccc(Oc2nc(Nc3cccc(OCCCN4CCCCC4)c3)ncc2C(=O)Nc2c(C)cccc2C)c(OC)c1. The third-order valence-electron chi connectivity index (χ3n) is 8.12. The lowest BCUT2D eigenvalue weighted by Gasteiger charge is -2.26. The zero-order valence-corrected chi connectivity index (χ0v) is 27.4. The number of carbonyl (C=O) groups is 1. The second kappa shape index (κ2) is 16.1. The molecule has 1 aliphatic rings. The van der Waals surface area contributed by atoms with E-state index in [1.807, 2.05) is 74.5 Å². The minimum absolute atomic E-state index is 0.105. The van der Waals surface area contributed by atoms with Gasteiger partial charge in [0.15, 0.2) is 11.5 Å². The number of aryl methyl sites for hydroxylation is 3. The normalized spacial score (nSPS) is 13.2. The van der Waals surface area contributed by atoms with Gasteiger partial charge in [-0.05, 0) is 93.6 Å². The molecule has 242 valence electrons. The first-order chi connectivity index (χ1) is 22.4. The summed E-state index contributed by atoms with van der Waals surface area (Å²) >= 11 is 0. The van der Waals surface area contributed by atoms with Crippen molar-refractivity contribution in [2.24, 2.45) is 0 Å². The molecule has 4 aromatic rings. The van der Waals surface area contributed by atoms with Gasteiger partial charge in [-0.25, -0.2) is 4.98 Å². The van der Waals surface area contributed by atoms with Crippen molar-refractivity contribution in [3.05, 3.63) is 89.1 Å². The van der Waals surface area contributed by atoms with Gasteiger partial charge < -0.3 is 29.7 Å². The highest BCUT2D eigenvalue weighted by molar-refractivity contribution is 6.06. The number of ether oxygens (including phenoxy) is 3. The van der Waals surface area contributed by atoms with E-state index in [-0.39, 0.29) is 23.3 Å². The van der Waals surface area contributed by atoms with E-state index in [1.54, 1.807) is 7.11 Å². The molecule has 1 aromatic heterocycles. The molecule has 1 fully saturated rings. The quantitative estimate of drug-likeness (QED) is 0.136. The molecule has 0 aliphatic carbocycles. The summed E-state index contributed by atoms with van der Waals surface area (Å²) in [5.41, 5.74) is 4.74. The van der Waals surface area contributed by atoms with Crippen molar-refractivity contribution in [3.63, 3.8) is 0 Å². The molecule has 46 heavy (non-hydrogen) atoms. The first-order valence-corrected chi connectivity index (χ1v) is 16.2. The number of hydrogen-bond donors (Lipinski definition) is 2. The van der Waals surface area contributed by atoms with Gasteiger partial charge in [-0.3, -0.25) is 4.79 Å². The highest BCUT2D eigenvalue weighted by Crippen LogP contribution is 2.34. The van der Waals surface area contributed by atoms with Crippen LogP contribution >= 0.6 is 0 Å². The molecule has 0 bridgehead atoms. The fraction of sp³-hybridized carbons (Fsp3) is 0.378. The van der Waals surface area contributed by atoms with Crippen LogP contribution in [0.15, 0.2) is 66.9 Å². The van der Waals surface area contributed by atoms with E-state index in [2.05, 4.69) is 32.4 Å². The van der Waals surface area contributed by atoms with Crippen LogP contribution in [-0.4, -0.2) is 54.1 Å². The van der Waals surface area contributed by atoms with E-state index in [0.717, 1.165) is 59.6 Å². The van der Waals surface area contributed by atoms with Crippen molar-refractivity contribution < 1.29 is 19.0 Å². The fourth-order valence-electron chi connectivity index (χ4n) is 5.65. The molecule has 9 heteroatoms. The lowest BCUT2D eigenvalue weighted by atomic mass is 10.1. The number of rotatable bonds is 14. The molecule has 1 saturated heterocycles. The van der Waals surface area contributed by atoms with E-state index in [4.69, 9.17) is 14.2 Å². The van der Waals surface area contributed by atoms with Gasteiger partial charge in [0.1, 0.15) is 11.3 Å². The molecule has 2 N–H and O–H groups in total. The molecule has 0 saturated carbocycles. The lowest BCUT2D eigenvalue weighted by molar-refractivity contribution is 0.102. The summed E-state index contributed by atoms with van der Waals surface area (Å²) in [6, 6.07) is 19.4. The summed E-state index contributed by atoms with van der Waals surface area (Å²) in [6.07, 6.45) is 8.32. The van der Waals surface area contributed by atoms with Crippen LogP contribution in [0.1, 0.15) is 66.1 Å². The summed E-state index contributed by atoms with van der Waals surface area (Å²) in [4.78, 5) is 25.3. The lowest BCUT2D eigenvalue weighted by Crippen LogP contribution is -2.31. The highest BCUT2D eigenvalue weighted by atomic mass is 16.5. The third kappa shape index (κ3) is 8.75. The molecule has 3 aromatic carbocycles. The summed E-state index contributed by atoms with van der Waals surface area (Å²) in [5.74, 6) is 1.79. The van der Waals surface area contributed by atoms with Crippen LogP contribution in [0.4, 0.5) is 17.3 Å². The number of amides is 1. The zero-order chi connectivity index (χ0) is 32.3. The topological polar surface area (TPSA) is 97.8 Å². The Hall–Kier alpha value is -4.63. The Morgan fingerprint density at radius 3 is 2.50 bits per heavy atom. The Bertz CT molecular complexity index is 1600. The van der Waals surface area contributed by atoms with Gasteiger partial charge in [-0.15, -0.1) is 0 Å². The van der Waals surface area contributed by atoms with Gasteiger partial charge in [0.25, 0.3) is 5.91 Å². The predicted octanol–water partition coefficient (Wildman–Crippen LogP) is 8.10. The number of carbonyl (C=O) groups excluding carboxylic acids is 1. The van der Waals surface area contributed by atoms with Crippen molar-refractivity contribution in [2.75, 3.05) is 44.0 Å². The first-order valence-electron chi connectivity index (χ1n) is 16.2. The summed E-state index contributed by atoms with van der Waals surface area (Å²) in [7, 11) is 1.60. The Morgan fingerprint density at radius 2 is 1.74 bits per heavy atom. The average molecular weight is 624 g/mol. The molecule has 0 radical (unpaired) electrons. The maximum atomic E-state index is 13.6. The van der Waals surface area contributed by atoms with Gasteiger partial charge >= 0.3 is 0 Å². The standard InChI is InChI=1S/C37H45N5O4/c1-5-12-28-17-18-32(33(23-28)44-4)46-36-31(35(43)40-34-26(2)13-9-14-27(34)3)25-38-37(41-36)39-29-15-10-16-30(24-29)45-22-11-21-42-19-7-6-8-20-42/h9-10,13-18,23-25H,5-8,11-12,19-22H2,1-4H3,(H,40,43)(H,38,39,41). The Kier molecular flexibility index (Phi) is 11.5. The molecule has 1 aliphatic heterocycles. The maximum absolute atomic E-state index is 13.6. The fourth-order valence-corrected chi connectivity index (χ4v) is 5.65. The van der Waals surface area contributed by atoms with Crippen LogP contribution in [0.5, 0.6) is 23.1 Å². The summed E-state index contributed by atoms with van der Waals surface area (Å²) in [6.45, 7) is 10.1. The number of benzene rings is 3. The van der Waals surface area contributed by atoms with Crippen molar-refractivity contribution in [1.82, 2.24) is 14.9 Å². The van der Waals surface area contributed by atoms with Crippen LogP contribution in [0.2, 0.25) is 0 Å². The molecule has 5 rings (SSSR count). The average Bonchev–Trinajstić information content (AvgIpc) is 3.06. The number of para-hydroxylation sites is 1. The van der Waals surface area contributed by atoms with Crippen LogP contribution in [0.25, 0.3) is 0 Å². The molecule has 2 heterocycles. The molecule has 0 spiro atoms. The van der Waals surface area contributed by atoms with Crippen LogP contribution in [0, 0.1) is 13.8 Å². The Morgan fingerprint density at radius 1 is 0.957 bits per heavy atom.